The Bertz CT molecular complexity index is 770. The van der Waals surface area contributed by atoms with Gasteiger partial charge in [0, 0.05) is 6.54 Å². The van der Waals surface area contributed by atoms with Crippen molar-refractivity contribution in [1.29, 1.82) is 5.26 Å². The van der Waals surface area contributed by atoms with Crippen molar-refractivity contribution in [3.63, 3.8) is 0 Å². The molecule has 0 saturated carbocycles. The number of rotatable bonds is 2. The van der Waals surface area contributed by atoms with Gasteiger partial charge in [0.1, 0.15) is 11.9 Å². The number of aliphatic hydroxyl groups excluding tert-OH is 1. The maximum atomic E-state index is 13.3. The highest BCUT2D eigenvalue weighted by Gasteiger charge is 2.40. The predicted octanol–water partition coefficient (Wildman–Crippen LogP) is 2.68. The van der Waals surface area contributed by atoms with E-state index in [0.717, 1.165) is 6.07 Å². The van der Waals surface area contributed by atoms with Crippen LogP contribution >= 0.6 is 0 Å². The standard InChI is InChI=1S/C16H13F3N4O/c17-16(18,19)13-4-2-1-3-12(13)14-5-11(24)9-23(14)15-8-21-10(6-20)7-22-15/h1-4,7-8,11,14,24H,5,9H2. The first kappa shape index (κ1) is 16.2. The molecule has 1 aromatic heterocycles. The van der Waals surface area contributed by atoms with E-state index in [2.05, 4.69) is 9.97 Å². The van der Waals surface area contributed by atoms with E-state index in [9.17, 15) is 18.3 Å². The van der Waals surface area contributed by atoms with Crippen molar-refractivity contribution in [2.75, 3.05) is 11.4 Å². The molecule has 1 N–H and O–H groups in total. The number of nitriles is 1. The minimum absolute atomic E-state index is 0.0905. The van der Waals surface area contributed by atoms with E-state index in [4.69, 9.17) is 5.26 Å². The number of β-amino-alcohol motifs (C(OH)–C–C–N with tert-alkyl or cyclic N) is 1. The Morgan fingerprint density at radius 3 is 2.58 bits per heavy atom. The molecule has 0 aliphatic carbocycles. The summed E-state index contributed by atoms with van der Waals surface area (Å²) in [7, 11) is 0. The second-order valence-corrected chi connectivity index (χ2v) is 5.51. The summed E-state index contributed by atoms with van der Waals surface area (Å²) in [5.41, 5.74) is -0.519. The lowest BCUT2D eigenvalue weighted by molar-refractivity contribution is -0.138. The molecule has 2 atom stereocenters. The van der Waals surface area contributed by atoms with Crippen molar-refractivity contribution in [1.82, 2.24) is 9.97 Å². The summed E-state index contributed by atoms with van der Waals surface area (Å²) >= 11 is 0. The lowest BCUT2D eigenvalue weighted by Crippen LogP contribution is -2.27. The fourth-order valence-corrected chi connectivity index (χ4v) is 2.93. The molecule has 124 valence electrons. The summed E-state index contributed by atoms with van der Waals surface area (Å²) in [6.07, 6.45) is -2.50. The maximum absolute atomic E-state index is 13.3. The Balaban J connectivity index is 2.01. The summed E-state index contributed by atoms with van der Waals surface area (Å²) in [4.78, 5) is 9.57. The number of aromatic nitrogens is 2. The van der Waals surface area contributed by atoms with Crippen molar-refractivity contribution in [3.05, 3.63) is 53.5 Å². The van der Waals surface area contributed by atoms with Crippen LogP contribution in [-0.2, 0) is 6.18 Å². The molecule has 8 heteroatoms. The van der Waals surface area contributed by atoms with Crippen LogP contribution in [0.2, 0.25) is 0 Å². The summed E-state index contributed by atoms with van der Waals surface area (Å²) < 4.78 is 39.8. The highest BCUT2D eigenvalue weighted by molar-refractivity contribution is 5.46. The molecule has 0 bridgehead atoms. The van der Waals surface area contributed by atoms with Crippen molar-refractivity contribution >= 4 is 5.82 Å². The molecule has 1 aliphatic rings. The van der Waals surface area contributed by atoms with Crippen LogP contribution in [0.25, 0.3) is 0 Å². The topological polar surface area (TPSA) is 73.0 Å². The monoisotopic (exact) mass is 334 g/mol. The van der Waals surface area contributed by atoms with Crippen LogP contribution in [-0.4, -0.2) is 27.7 Å². The Labute approximate surface area is 136 Å². The minimum atomic E-state index is -4.48. The molecule has 1 saturated heterocycles. The molecular formula is C16H13F3N4O. The maximum Gasteiger partial charge on any atom is 0.416 e. The highest BCUT2D eigenvalue weighted by Crippen LogP contribution is 2.41. The van der Waals surface area contributed by atoms with Crippen LogP contribution in [0.15, 0.2) is 36.7 Å². The van der Waals surface area contributed by atoms with E-state index in [0.29, 0.717) is 5.82 Å². The third-order valence-corrected chi connectivity index (χ3v) is 3.95. The number of nitrogens with zero attached hydrogens (tertiary/aromatic N) is 4. The smallest absolute Gasteiger partial charge is 0.391 e. The van der Waals surface area contributed by atoms with Gasteiger partial charge in [0.25, 0.3) is 0 Å². The third-order valence-electron chi connectivity index (χ3n) is 3.95. The molecule has 2 heterocycles. The Morgan fingerprint density at radius 2 is 1.96 bits per heavy atom. The van der Waals surface area contributed by atoms with Gasteiger partial charge in [0.05, 0.1) is 30.1 Å². The molecule has 0 spiro atoms. The molecule has 1 aliphatic heterocycles. The summed E-state index contributed by atoms with van der Waals surface area (Å²) in [6.45, 7) is 0.150. The first-order valence-corrected chi connectivity index (χ1v) is 7.23. The molecule has 2 aromatic rings. The van der Waals surface area contributed by atoms with Gasteiger partial charge in [-0.2, -0.15) is 18.4 Å². The van der Waals surface area contributed by atoms with E-state index >= 15 is 0 Å². The van der Waals surface area contributed by atoms with Crippen molar-refractivity contribution in [2.45, 2.75) is 24.7 Å². The fourth-order valence-electron chi connectivity index (χ4n) is 2.93. The molecule has 1 fully saturated rings. The average molecular weight is 334 g/mol. The Kier molecular flexibility index (Phi) is 4.11. The quantitative estimate of drug-likeness (QED) is 0.914. The minimum Gasteiger partial charge on any atom is -0.391 e. The average Bonchev–Trinajstić information content (AvgIpc) is 2.96. The normalized spacial score (nSPS) is 20.9. The molecule has 3 rings (SSSR count). The first-order chi connectivity index (χ1) is 11.4. The van der Waals surface area contributed by atoms with E-state index in [1.165, 1.54) is 30.6 Å². The second kappa shape index (κ2) is 6.09. The zero-order valence-corrected chi connectivity index (χ0v) is 12.4. The van der Waals surface area contributed by atoms with Crippen LogP contribution in [0.5, 0.6) is 0 Å². The van der Waals surface area contributed by atoms with Crippen LogP contribution < -0.4 is 4.90 Å². The number of halogens is 3. The van der Waals surface area contributed by atoms with E-state index in [1.54, 1.807) is 4.90 Å². The van der Waals surface area contributed by atoms with Crippen molar-refractivity contribution in [2.24, 2.45) is 0 Å². The number of anilines is 1. The zero-order chi connectivity index (χ0) is 17.3. The van der Waals surface area contributed by atoms with Gasteiger partial charge >= 0.3 is 6.18 Å². The molecule has 2 unspecified atom stereocenters. The summed E-state index contributed by atoms with van der Waals surface area (Å²) in [6, 6.07) is 6.49. The van der Waals surface area contributed by atoms with Crippen LogP contribution in [0.3, 0.4) is 0 Å². The predicted molar refractivity (Wildman–Crippen MR) is 78.9 cm³/mol. The largest absolute Gasteiger partial charge is 0.416 e. The summed E-state index contributed by atoms with van der Waals surface area (Å²) in [5.74, 6) is 0.326. The molecular weight excluding hydrogens is 321 g/mol. The zero-order valence-electron chi connectivity index (χ0n) is 12.4. The lowest BCUT2D eigenvalue weighted by Gasteiger charge is -2.27. The Hall–Kier alpha value is -2.66. The molecule has 0 amide bonds. The van der Waals surface area contributed by atoms with Gasteiger partial charge in [-0.3, -0.25) is 0 Å². The first-order valence-electron chi connectivity index (χ1n) is 7.23. The second-order valence-electron chi connectivity index (χ2n) is 5.51. The molecule has 24 heavy (non-hydrogen) atoms. The lowest BCUT2D eigenvalue weighted by atomic mass is 9.97. The van der Waals surface area contributed by atoms with Gasteiger partial charge in [-0.25, -0.2) is 9.97 Å². The van der Waals surface area contributed by atoms with Crippen LogP contribution in [0.1, 0.15) is 29.3 Å². The van der Waals surface area contributed by atoms with Gasteiger partial charge in [0.15, 0.2) is 5.69 Å². The van der Waals surface area contributed by atoms with Gasteiger partial charge in [-0.1, -0.05) is 18.2 Å². The number of hydrogen-bond donors (Lipinski definition) is 1. The summed E-state index contributed by atoms with van der Waals surface area (Å²) in [5, 5.41) is 18.7. The van der Waals surface area contributed by atoms with Gasteiger partial charge in [-0.15, -0.1) is 0 Å². The van der Waals surface area contributed by atoms with Gasteiger partial charge in [0.2, 0.25) is 0 Å². The molecule has 5 nitrogen and oxygen atoms in total. The third kappa shape index (κ3) is 3.03. The fraction of sp³-hybridized carbons (Fsp3) is 0.312. The highest BCUT2D eigenvalue weighted by atomic mass is 19.4. The number of hydrogen-bond acceptors (Lipinski definition) is 5. The molecule has 0 radical (unpaired) electrons. The van der Waals surface area contributed by atoms with E-state index < -0.39 is 23.9 Å². The Morgan fingerprint density at radius 1 is 1.21 bits per heavy atom. The number of alkyl halides is 3. The van der Waals surface area contributed by atoms with Crippen molar-refractivity contribution < 1.29 is 18.3 Å². The number of aliphatic hydroxyl groups is 1. The van der Waals surface area contributed by atoms with Crippen molar-refractivity contribution in [3.8, 4) is 6.07 Å². The van der Waals surface area contributed by atoms with E-state index in [1.807, 2.05) is 6.07 Å². The SMILES string of the molecule is N#Cc1cnc(N2CC(O)CC2c2ccccc2C(F)(F)F)cn1. The number of benzene rings is 1. The molecule has 1 aromatic carbocycles. The van der Waals surface area contributed by atoms with Gasteiger partial charge < -0.3 is 10.0 Å². The van der Waals surface area contributed by atoms with E-state index in [-0.39, 0.29) is 24.2 Å². The van der Waals surface area contributed by atoms with Crippen LogP contribution in [0.4, 0.5) is 19.0 Å². The van der Waals surface area contributed by atoms with Crippen LogP contribution in [0, 0.1) is 11.3 Å². The van der Waals surface area contributed by atoms with Gasteiger partial charge in [-0.05, 0) is 18.1 Å².